The summed E-state index contributed by atoms with van der Waals surface area (Å²) in [5, 5.41) is 0. The molecular formula is C9H5F7. The number of halogens is 7. The minimum Gasteiger partial charge on any atom is -0.205 e. The van der Waals surface area contributed by atoms with Crippen LogP contribution in [0.1, 0.15) is 29.5 Å². The highest BCUT2D eigenvalue weighted by Crippen LogP contribution is 2.38. The minimum absolute atomic E-state index is 0.0478. The van der Waals surface area contributed by atoms with E-state index < -0.39 is 35.7 Å². The predicted octanol–water partition coefficient (Wildman–Crippen LogP) is 4.58. The van der Waals surface area contributed by atoms with Crippen LogP contribution in [0.5, 0.6) is 0 Å². The maximum Gasteiger partial charge on any atom is 0.416 e. The molecule has 0 amide bonds. The molecule has 0 unspecified atom stereocenters. The summed E-state index contributed by atoms with van der Waals surface area (Å²) in [4.78, 5) is 0. The Kier molecular flexibility index (Phi) is 3.44. The zero-order valence-electron chi connectivity index (χ0n) is 7.53. The van der Waals surface area contributed by atoms with Crippen molar-refractivity contribution in [3.05, 3.63) is 34.9 Å². The molecule has 0 aromatic heterocycles. The topological polar surface area (TPSA) is 0 Å². The van der Waals surface area contributed by atoms with E-state index in [0.29, 0.717) is 12.1 Å². The first-order valence-electron chi connectivity index (χ1n) is 4.01. The third-order valence-corrected chi connectivity index (χ3v) is 1.87. The van der Waals surface area contributed by atoms with E-state index in [0.717, 1.165) is 0 Å². The van der Waals surface area contributed by atoms with Crippen molar-refractivity contribution in [1.82, 2.24) is 0 Å². The fraction of sp³-hybridized carbons (Fsp3) is 0.333. The predicted molar refractivity (Wildman–Crippen MR) is 41.4 cm³/mol. The molecule has 1 aromatic rings. The van der Waals surface area contributed by atoms with Gasteiger partial charge in [-0.15, -0.1) is 0 Å². The van der Waals surface area contributed by atoms with E-state index in [2.05, 4.69) is 0 Å². The van der Waals surface area contributed by atoms with Crippen LogP contribution in [-0.2, 0) is 6.18 Å². The quantitative estimate of drug-likeness (QED) is 0.670. The lowest BCUT2D eigenvalue weighted by Crippen LogP contribution is -2.10. The normalized spacial score (nSPS) is 12.6. The first-order valence-corrected chi connectivity index (χ1v) is 4.01. The summed E-state index contributed by atoms with van der Waals surface area (Å²) in [7, 11) is 0. The molecule has 7 heteroatoms. The lowest BCUT2D eigenvalue weighted by molar-refractivity contribution is -0.139. The molecule has 0 saturated carbocycles. The average Bonchev–Trinajstić information content (AvgIpc) is 2.15. The van der Waals surface area contributed by atoms with Crippen LogP contribution >= 0.6 is 0 Å². The number of rotatable bonds is 2. The Morgan fingerprint density at radius 2 is 1.44 bits per heavy atom. The van der Waals surface area contributed by atoms with Crippen LogP contribution in [0.25, 0.3) is 0 Å². The second kappa shape index (κ2) is 4.31. The Hall–Kier alpha value is -1.27. The number of hydrogen-bond acceptors (Lipinski definition) is 0. The summed E-state index contributed by atoms with van der Waals surface area (Å²) in [6.07, 6.45) is -11.6. The second-order valence-electron chi connectivity index (χ2n) is 2.95. The summed E-state index contributed by atoms with van der Waals surface area (Å²) in [5.41, 5.74) is -3.95. The van der Waals surface area contributed by atoms with Crippen molar-refractivity contribution in [2.75, 3.05) is 0 Å². The van der Waals surface area contributed by atoms with E-state index in [1.165, 1.54) is 0 Å². The Morgan fingerprint density at radius 1 is 0.875 bits per heavy atom. The van der Waals surface area contributed by atoms with Gasteiger partial charge in [-0.3, -0.25) is 0 Å². The second-order valence-corrected chi connectivity index (χ2v) is 2.95. The molecule has 0 spiro atoms. The highest BCUT2D eigenvalue weighted by molar-refractivity contribution is 5.35. The Bertz CT molecular complexity index is 367. The zero-order chi connectivity index (χ0) is 12.5. The third kappa shape index (κ3) is 2.65. The van der Waals surface area contributed by atoms with Gasteiger partial charge in [-0.1, -0.05) is 12.1 Å². The van der Waals surface area contributed by atoms with Gasteiger partial charge in [0.2, 0.25) is 0 Å². The molecule has 1 aromatic carbocycles. The number of hydrogen-bond donors (Lipinski definition) is 0. The van der Waals surface area contributed by atoms with Crippen LogP contribution in [-0.4, -0.2) is 0 Å². The van der Waals surface area contributed by atoms with Gasteiger partial charge in [0.15, 0.2) is 0 Å². The molecule has 0 aliphatic rings. The SMILES string of the molecule is FC(F)c1ccc(C(F)F)c(C(F)(F)F)c1. The maximum absolute atomic E-state index is 12.3. The van der Waals surface area contributed by atoms with Crippen molar-refractivity contribution in [3.63, 3.8) is 0 Å². The van der Waals surface area contributed by atoms with E-state index in [-0.39, 0.29) is 6.07 Å². The van der Waals surface area contributed by atoms with Gasteiger partial charge in [0.25, 0.3) is 12.9 Å². The number of benzene rings is 1. The van der Waals surface area contributed by atoms with Gasteiger partial charge in [0.05, 0.1) is 5.56 Å². The summed E-state index contributed by atoms with van der Waals surface area (Å²) >= 11 is 0. The van der Waals surface area contributed by atoms with Crippen molar-refractivity contribution in [2.24, 2.45) is 0 Å². The van der Waals surface area contributed by atoms with Gasteiger partial charge in [-0.05, 0) is 6.07 Å². The van der Waals surface area contributed by atoms with Crippen LogP contribution in [0.3, 0.4) is 0 Å². The van der Waals surface area contributed by atoms with Gasteiger partial charge in [-0.25, -0.2) is 17.6 Å². The van der Waals surface area contributed by atoms with E-state index in [4.69, 9.17) is 0 Å². The monoisotopic (exact) mass is 246 g/mol. The van der Waals surface area contributed by atoms with E-state index in [1.54, 1.807) is 0 Å². The lowest BCUT2D eigenvalue weighted by atomic mass is 10.0. The van der Waals surface area contributed by atoms with Crippen LogP contribution in [0.4, 0.5) is 30.7 Å². The molecule has 0 N–H and O–H groups in total. The molecule has 0 fully saturated rings. The van der Waals surface area contributed by atoms with E-state index >= 15 is 0 Å². The lowest BCUT2D eigenvalue weighted by Gasteiger charge is -2.13. The first kappa shape index (κ1) is 12.8. The maximum atomic E-state index is 12.3. The van der Waals surface area contributed by atoms with E-state index in [1.807, 2.05) is 0 Å². The minimum atomic E-state index is -5.07. The van der Waals surface area contributed by atoms with Crippen LogP contribution in [0.15, 0.2) is 18.2 Å². The Labute approximate surface area is 85.7 Å². The molecule has 0 bridgehead atoms. The first-order chi connectivity index (χ1) is 7.23. The van der Waals surface area contributed by atoms with Crippen molar-refractivity contribution in [1.29, 1.82) is 0 Å². The van der Waals surface area contributed by atoms with Crippen molar-refractivity contribution < 1.29 is 30.7 Å². The Morgan fingerprint density at radius 3 is 1.81 bits per heavy atom. The van der Waals surface area contributed by atoms with Gasteiger partial charge < -0.3 is 0 Å². The van der Waals surface area contributed by atoms with Crippen LogP contribution < -0.4 is 0 Å². The summed E-state index contributed by atoms with van der Waals surface area (Å²) in [5.74, 6) is 0. The molecule has 0 heterocycles. The molecule has 0 saturated heterocycles. The van der Waals surface area contributed by atoms with Crippen molar-refractivity contribution in [3.8, 4) is 0 Å². The van der Waals surface area contributed by atoms with Gasteiger partial charge in [0, 0.05) is 11.1 Å². The molecule has 16 heavy (non-hydrogen) atoms. The standard InChI is InChI=1S/C9H5F7/c10-7(11)4-1-2-5(8(12)13)6(3-4)9(14,15)16/h1-3,7-8H. The molecule has 0 nitrogen and oxygen atoms in total. The van der Waals surface area contributed by atoms with Gasteiger partial charge in [-0.2, -0.15) is 13.2 Å². The third-order valence-electron chi connectivity index (χ3n) is 1.87. The molecular weight excluding hydrogens is 241 g/mol. The van der Waals surface area contributed by atoms with Crippen molar-refractivity contribution >= 4 is 0 Å². The highest BCUT2D eigenvalue weighted by atomic mass is 19.4. The molecule has 0 atom stereocenters. The van der Waals surface area contributed by atoms with Gasteiger partial charge in [0.1, 0.15) is 0 Å². The zero-order valence-corrected chi connectivity index (χ0v) is 7.53. The van der Waals surface area contributed by atoms with Crippen LogP contribution in [0, 0.1) is 0 Å². The smallest absolute Gasteiger partial charge is 0.205 e. The van der Waals surface area contributed by atoms with Crippen LogP contribution in [0.2, 0.25) is 0 Å². The summed E-state index contributed by atoms with van der Waals surface area (Å²) < 4.78 is 85.5. The highest BCUT2D eigenvalue weighted by Gasteiger charge is 2.36. The molecule has 90 valence electrons. The number of alkyl halides is 7. The Balaban J connectivity index is 3.33. The summed E-state index contributed by atoms with van der Waals surface area (Å²) in [6, 6.07) is 0.975. The largest absolute Gasteiger partial charge is 0.416 e. The molecule has 0 radical (unpaired) electrons. The fourth-order valence-electron chi connectivity index (χ4n) is 1.15. The average molecular weight is 246 g/mol. The molecule has 1 rings (SSSR count). The summed E-state index contributed by atoms with van der Waals surface area (Å²) in [6.45, 7) is 0. The molecule has 0 aliphatic carbocycles. The van der Waals surface area contributed by atoms with Gasteiger partial charge >= 0.3 is 6.18 Å². The fourth-order valence-corrected chi connectivity index (χ4v) is 1.15. The molecule has 0 aliphatic heterocycles. The van der Waals surface area contributed by atoms with Crippen molar-refractivity contribution in [2.45, 2.75) is 19.0 Å². The van der Waals surface area contributed by atoms with E-state index in [9.17, 15) is 30.7 Å².